The van der Waals surface area contributed by atoms with Gasteiger partial charge in [-0.25, -0.2) is 9.97 Å². The zero-order valence-electron chi connectivity index (χ0n) is 20.2. The lowest BCUT2D eigenvalue weighted by Gasteiger charge is -2.30. The molecule has 0 aliphatic carbocycles. The van der Waals surface area contributed by atoms with Gasteiger partial charge < -0.3 is 25.0 Å². The summed E-state index contributed by atoms with van der Waals surface area (Å²) in [6, 6.07) is 3.58. The molecule has 1 unspecified atom stereocenters. The van der Waals surface area contributed by atoms with Crippen molar-refractivity contribution in [2.45, 2.75) is 25.5 Å². The number of aromatic nitrogens is 3. The monoisotopic (exact) mass is 521 g/mol. The number of pyridine rings is 2. The number of thiazole rings is 1. The molecule has 0 spiro atoms. The number of nitrogens with zero attached hydrogens (tertiary/aromatic N) is 5. The largest absolute Gasteiger partial charge is 0.475 e. The van der Waals surface area contributed by atoms with E-state index in [1.54, 1.807) is 34.9 Å². The van der Waals surface area contributed by atoms with Gasteiger partial charge in [0, 0.05) is 62.2 Å². The molecule has 0 aromatic carbocycles. The highest BCUT2D eigenvalue weighted by atomic mass is 32.1. The zero-order valence-corrected chi connectivity index (χ0v) is 21.0. The molecule has 2 saturated heterocycles. The van der Waals surface area contributed by atoms with Crippen LogP contribution in [0.25, 0.3) is 0 Å². The van der Waals surface area contributed by atoms with Gasteiger partial charge in [-0.3, -0.25) is 19.5 Å². The summed E-state index contributed by atoms with van der Waals surface area (Å²) in [7, 11) is 0. The zero-order chi connectivity index (χ0) is 25.2. The molecule has 6 rings (SSSR count). The summed E-state index contributed by atoms with van der Waals surface area (Å²) in [5.74, 6) is -0.128. The van der Waals surface area contributed by atoms with E-state index in [-0.39, 0.29) is 23.6 Å². The molecule has 3 aliphatic rings. The van der Waals surface area contributed by atoms with Gasteiger partial charge in [0.05, 0.1) is 35.8 Å². The topological polar surface area (TPSA) is 122 Å². The molecule has 37 heavy (non-hydrogen) atoms. The Kier molecular flexibility index (Phi) is 6.68. The van der Waals surface area contributed by atoms with Gasteiger partial charge in [0.25, 0.3) is 11.8 Å². The van der Waals surface area contributed by atoms with Gasteiger partial charge in [-0.2, -0.15) is 0 Å². The van der Waals surface area contributed by atoms with Crippen LogP contribution in [0.15, 0.2) is 36.1 Å². The minimum atomic E-state index is -0.345. The Hall–Kier alpha value is -3.61. The molecule has 2 N–H and O–H groups in total. The van der Waals surface area contributed by atoms with Crippen molar-refractivity contribution in [2.24, 2.45) is 0 Å². The Morgan fingerprint density at radius 2 is 2.19 bits per heavy atom. The molecule has 3 aliphatic heterocycles. The third-order valence-corrected chi connectivity index (χ3v) is 7.53. The maximum atomic E-state index is 13.2. The highest BCUT2D eigenvalue weighted by Gasteiger charge is 2.32. The SMILES string of the molecule is O=C(Nc1cnccc1N1CCNCC1)c1csc(N2Cc3cnc(OCC4CCCO4)cc3C2=O)n1. The molecular formula is C25H27N7O4S. The fourth-order valence-corrected chi connectivity index (χ4v) is 5.51. The molecule has 0 saturated carbocycles. The number of fused-ring (bicyclic) bond motifs is 1. The van der Waals surface area contributed by atoms with Crippen LogP contribution in [0.2, 0.25) is 0 Å². The second-order valence-corrected chi connectivity index (χ2v) is 9.95. The van der Waals surface area contributed by atoms with Crippen LogP contribution in [0.3, 0.4) is 0 Å². The summed E-state index contributed by atoms with van der Waals surface area (Å²) in [6.45, 7) is 4.99. The molecule has 3 aromatic rings. The first kappa shape index (κ1) is 23.8. The number of nitrogens with one attached hydrogen (secondary N) is 2. The van der Waals surface area contributed by atoms with E-state index < -0.39 is 0 Å². The van der Waals surface area contributed by atoms with Crippen molar-refractivity contribution in [3.8, 4) is 5.88 Å². The fourth-order valence-electron chi connectivity index (χ4n) is 4.71. The minimum Gasteiger partial charge on any atom is -0.475 e. The summed E-state index contributed by atoms with van der Waals surface area (Å²) in [5, 5.41) is 8.39. The van der Waals surface area contributed by atoms with Gasteiger partial charge in [0.1, 0.15) is 12.3 Å². The lowest BCUT2D eigenvalue weighted by molar-refractivity contribution is 0.0663. The standard InChI is InChI=1S/C25H27N7O4S/c33-23(29-19-12-27-4-3-21(19)31-7-5-26-6-8-31)20-15-37-25(30-20)32-13-16-11-28-22(10-18(16)24(32)34)36-14-17-2-1-9-35-17/h3-4,10-12,15,17,26H,1-2,5-9,13-14H2,(H,29,33). The van der Waals surface area contributed by atoms with Gasteiger partial charge in [0.2, 0.25) is 5.88 Å². The van der Waals surface area contributed by atoms with Crippen molar-refractivity contribution < 1.29 is 19.1 Å². The summed E-state index contributed by atoms with van der Waals surface area (Å²) < 4.78 is 11.3. The van der Waals surface area contributed by atoms with Gasteiger partial charge in [-0.05, 0) is 18.9 Å². The molecule has 192 valence electrons. The van der Waals surface area contributed by atoms with Crippen LogP contribution in [0.1, 0.15) is 39.3 Å². The lowest BCUT2D eigenvalue weighted by Crippen LogP contribution is -2.43. The van der Waals surface area contributed by atoms with E-state index >= 15 is 0 Å². The molecule has 6 heterocycles. The molecule has 11 nitrogen and oxygen atoms in total. The average molecular weight is 522 g/mol. The Morgan fingerprint density at radius 1 is 1.30 bits per heavy atom. The molecule has 12 heteroatoms. The summed E-state index contributed by atoms with van der Waals surface area (Å²) >= 11 is 1.25. The number of rotatable bonds is 7. The van der Waals surface area contributed by atoms with Gasteiger partial charge in [-0.1, -0.05) is 0 Å². The smallest absolute Gasteiger partial charge is 0.275 e. The highest BCUT2D eigenvalue weighted by molar-refractivity contribution is 7.14. The fraction of sp³-hybridized carbons (Fsp3) is 0.400. The maximum absolute atomic E-state index is 13.2. The third kappa shape index (κ3) is 4.99. The van der Waals surface area contributed by atoms with Crippen molar-refractivity contribution in [1.29, 1.82) is 0 Å². The first-order valence-corrected chi connectivity index (χ1v) is 13.3. The quantitative estimate of drug-likeness (QED) is 0.482. The molecular weight excluding hydrogens is 494 g/mol. The number of hydrogen-bond donors (Lipinski definition) is 2. The van der Waals surface area contributed by atoms with E-state index in [1.165, 1.54) is 11.3 Å². The van der Waals surface area contributed by atoms with Crippen LogP contribution in [-0.4, -0.2) is 72.3 Å². The lowest BCUT2D eigenvalue weighted by atomic mass is 10.2. The third-order valence-electron chi connectivity index (χ3n) is 6.67. The number of carbonyl (C=O) groups excluding carboxylic acids is 2. The first-order chi connectivity index (χ1) is 18.2. The van der Waals surface area contributed by atoms with Gasteiger partial charge in [-0.15, -0.1) is 11.3 Å². The summed E-state index contributed by atoms with van der Waals surface area (Å²) in [6.07, 6.45) is 7.11. The van der Waals surface area contributed by atoms with Crippen molar-refractivity contribution in [1.82, 2.24) is 20.3 Å². The Morgan fingerprint density at radius 3 is 3.03 bits per heavy atom. The minimum absolute atomic E-state index is 0.0711. The number of anilines is 3. The molecule has 1 atom stereocenters. The van der Waals surface area contributed by atoms with Crippen molar-refractivity contribution in [3.05, 3.63) is 52.9 Å². The Bertz CT molecular complexity index is 1300. The number of piperazine rings is 1. The van der Waals surface area contributed by atoms with E-state index in [0.29, 0.717) is 35.4 Å². The number of carbonyl (C=O) groups is 2. The van der Waals surface area contributed by atoms with E-state index in [9.17, 15) is 9.59 Å². The predicted octanol–water partition coefficient (Wildman–Crippen LogP) is 2.31. The van der Waals surface area contributed by atoms with E-state index in [0.717, 1.165) is 56.9 Å². The van der Waals surface area contributed by atoms with Crippen LogP contribution in [0, 0.1) is 0 Å². The average Bonchev–Trinajstić information content (AvgIpc) is 3.69. The number of hydrogen-bond acceptors (Lipinski definition) is 10. The van der Waals surface area contributed by atoms with Crippen LogP contribution in [-0.2, 0) is 11.3 Å². The van der Waals surface area contributed by atoms with Crippen LogP contribution in [0.5, 0.6) is 5.88 Å². The van der Waals surface area contributed by atoms with Gasteiger partial charge in [0.15, 0.2) is 5.13 Å². The van der Waals surface area contributed by atoms with Crippen LogP contribution < -0.4 is 25.2 Å². The highest BCUT2D eigenvalue weighted by Crippen LogP contribution is 2.32. The normalized spacial score (nSPS) is 19.2. The first-order valence-electron chi connectivity index (χ1n) is 12.4. The second kappa shape index (κ2) is 10.4. The maximum Gasteiger partial charge on any atom is 0.275 e. The van der Waals surface area contributed by atoms with Crippen LogP contribution in [0.4, 0.5) is 16.5 Å². The van der Waals surface area contributed by atoms with Crippen molar-refractivity contribution in [2.75, 3.05) is 54.5 Å². The van der Waals surface area contributed by atoms with E-state index in [2.05, 4.69) is 30.5 Å². The van der Waals surface area contributed by atoms with Crippen molar-refractivity contribution in [3.63, 3.8) is 0 Å². The van der Waals surface area contributed by atoms with Crippen molar-refractivity contribution >= 4 is 39.7 Å². The van der Waals surface area contributed by atoms with Gasteiger partial charge >= 0.3 is 0 Å². The molecule has 2 fully saturated rings. The predicted molar refractivity (Wildman–Crippen MR) is 139 cm³/mol. The molecule has 3 aromatic heterocycles. The number of amides is 2. The second-order valence-electron chi connectivity index (χ2n) is 9.12. The Balaban J connectivity index is 1.13. The molecule has 0 radical (unpaired) electrons. The molecule has 2 amide bonds. The summed E-state index contributed by atoms with van der Waals surface area (Å²) in [4.78, 5) is 43.0. The molecule has 0 bridgehead atoms. The Labute approximate surface area is 217 Å². The summed E-state index contributed by atoms with van der Waals surface area (Å²) in [5.41, 5.74) is 3.14. The number of ether oxygens (including phenoxy) is 2. The van der Waals surface area contributed by atoms with Crippen LogP contribution >= 0.6 is 11.3 Å². The van der Waals surface area contributed by atoms with E-state index in [1.807, 2.05) is 6.07 Å². The van der Waals surface area contributed by atoms with E-state index in [4.69, 9.17) is 9.47 Å².